The van der Waals surface area contributed by atoms with Crippen LogP contribution >= 0.6 is 24.8 Å². The average molecular weight is 304 g/mol. The molecule has 3 nitrogen and oxygen atoms in total. The van der Waals surface area contributed by atoms with E-state index in [1.807, 2.05) is 12.3 Å². The van der Waals surface area contributed by atoms with Crippen molar-refractivity contribution in [2.75, 3.05) is 26.2 Å². The molecule has 1 N–H and O–H groups in total. The molecule has 3 rings (SSSR count). The second kappa shape index (κ2) is 8.05. The van der Waals surface area contributed by atoms with Gasteiger partial charge in [0, 0.05) is 32.4 Å². The predicted molar refractivity (Wildman–Crippen MR) is 83.3 cm³/mol. The number of hydrogen-bond acceptors (Lipinski definition) is 3. The number of pyridine rings is 1. The van der Waals surface area contributed by atoms with Gasteiger partial charge in [0.25, 0.3) is 0 Å². The monoisotopic (exact) mass is 303 g/mol. The van der Waals surface area contributed by atoms with Crippen LogP contribution in [0.3, 0.4) is 0 Å². The van der Waals surface area contributed by atoms with Crippen LogP contribution in [0, 0.1) is 5.92 Å². The van der Waals surface area contributed by atoms with Gasteiger partial charge in [-0.2, -0.15) is 0 Å². The SMILES string of the molecule is Cl.Cl.c1ccc([C@@H](C2CCC2)N2CCNCC2)nc1. The molecule has 2 aliphatic rings. The van der Waals surface area contributed by atoms with Crippen molar-refractivity contribution < 1.29 is 0 Å². The maximum absolute atomic E-state index is 4.60. The molecule has 1 aromatic heterocycles. The third-order valence-electron chi connectivity index (χ3n) is 4.13. The third kappa shape index (κ3) is 3.82. The van der Waals surface area contributed by atoms with E-state index in [2.05, 4.69) is 27.3 Å². The number of nitrogens with zero attached hydrogens (tertiary/aromatic N) is 2. The minimum absolute atomic E-state index is 0. The molecule has 0 amide bonds. The van der Waals surface area contributed by atoms with Crippen LogP contribution < -0.4 is 5.32 Å². The Kier molecular flexibility index (Phi) is 7.08. The molecule has 0 aromatic carbocycles. The number of halogens is 2. The van der Waals surface area contributed by atoms with E-state index in [0.29, 0.717) is 6.04 Å². The van der Waals surface area contributed by atoms with Gasteiger partial charge >= 0.3 is 0 Å². The van der Waals surface area contributed by atoms with Gasteiger partial charge < -0.3 is 5.32 Å². The first-order chi connectivity index (χ1) is 8.45. The summed E-state index contributed by atoms with van der Waals surface area (Å²) in [7, 11) is 0. The maximum Gasteiger partial charge on any atom is 0.0578 e. The van der Waals surface area contributed by atoms with Crippen LogP contribution in [-0.2, 0) is 0 Å². The van der Waals surface area contributed by atoms with Gasteiger partial charge in [0.1, 0.15) is 0 Å². The first-order valence-corrected chi connectivity index (χ1v) is 6.81. The zero-order chi connectivity index (χ0) is 11.5. The number of nitrogens with one attached hydrogen (secondary N) is 1. The molecule has 0 radical (unpaired) electrons. The lowest BCUT2D eigenvalue weighted by molar-refractivity contribution is 0.0809. The lowest BCUT2D eigenvalue weighted by Gasteiger charge is -2.42. The van der Waals surface area contributed by atoms with E-state index in [9.17, 15) is 0 Å². The highest BCUT2D eigenvalue weighted by molar-refractivity contribution is 5.85. The van der Waals surface area contributed by atoms with Crippen LogP contribution in [0.25, 0.3) is 0 Å². The summed E-state index contributed by atoms with van der Waals surface area (Å²) in [4.78, 5) is 7.22. The first-order valence-electron chi connectivity index (χ1n) is 6.81. The highest BCUT2D eigenvalue weighted by Crippen LogP contribution is 2.40. The van der Waals surface area contributed by atoms with Gasteiger partial charge in [-0.1, -0.05) is 12.5 Å². The van der Waals surface area contributed by atoms with Crippen LogP contribution in [0.15, 0.2) is 24.4 Å². The lowest BCUT2D eigenvalue weighted by atomic mass is 9.77. The van der Waals surface area contributed by atoms with Crippen LogP contribution in [0.2, 0.25) is 0 Å². The van der Waals surface area contributed by atoms with Crippen LogP contribution in [0.5, 0.6) is 0 Å². The molecular weight excluding hydrogens is 281 g/mol. The van der Waals surface area contributed by atoms with Gasteiger partial charge in [0.2, 0.25) is 0 Å². The molecule has 0 unspecified atom stereocenters. The van der Waals surface area contributed by atoms with Crippen molar-refractivity contribution in [3.8, 4) is 0 Å². The summed E-state index contributed by atoms with van der Waals surface area (Å²) in [6.45, 7) is 4.57. The number of rotatable bonds is 3. The number of aromatic nitrogens is 1. The van der Waals surface area contributed by atoms with Gasteiger partial charge in [-0.25, -0.2) is 0 Å². The summed E-state index contributed by atoms with van der Waals surface area (Å²) in [5.41, 5.74) is 1.28. The van der Waals surface area contributed by atoms with Crippen molar-refractivity contribution in [2.45, 2.75) is 25.3 Å². The average Bonchev–Trinajstić information content (AvgIpc) is 2.36. The van der Waals surface area contributed by atoms with Crippen molar-refractivity contribution in [3.05, 3.63) is 30.1 Å². The molecule has 1 saturated carbocycles. The van der Waals surface area contributed by atoms with Crippen LogP contribution in [0.1, 0.15) is 31.0 Å². The largest absolute Gasteiger partial charge is 0.314 e. The molecule has 1 aromatic rings. The van der Waals surface area contributed by atoms with Crippen molar-refractivity contribution in [2.24, 2.45) is 5.92 Å². The minimum Gasteiger partial charge on any atom is -0.314 e. The summed E-state index contributed by atoms with van der Waals surface area (Å²) in [6.07, 6.45) is 6.10. The first kappa shape index (κ1) is 16.7. The molecule has 2 heterocycles. The van der Waals surface area contributed by atoms with E-state index in [-0.39, 0.29) is 24.8 Å². The number of piperazine rings is 1. The van der Waals surface area contributed by atoms with Crippen molar-refractivity contribution >= 4 is 24.8 Å². The Morgan fingerprint density at radius 3 is 2.42 bits per heavy atom. The van der Waals surface area contributed by atoms with E-state index < -0.39 is 0 Å². The second-order valence-corrected chi connectivity index (χ2v) is 5.18. The van der Waals surface area contributed by atoms with E-state index in [0.717, 1.165) is 32.1 Å². The molecule has 1 saturated heterocycles. The van der Waals surface area contributed by atoms with E-state index >= 15 is 0 Å². The Morgan fingerprint density at radius 1 is 1.16 bits per heavy atom. The Morgan fingerprint density at radius 2 is 1.89 bits per heavy atom. The van der Waals surface area contributed by atoms with E-state index in [1.165, 1.54) is 25.0 Å². The smallest absolute Gasteiger partial charge is 0.0578 e. The third-order valence-corrected chi connectivity index (χ3v) is 4.13. The van der Waals surface area contributed by atoms with Gasteiger partial charge in [0.15, 0.2) is 0 Å². The second-order valence-electron chi connectivity index (χ2n) is 5.18. The van der Waals surface area contributed by atoms with Gasteiger partial charge in [-0.3, -0.25) is 9.88 Å². The molecule has 1 aliphatic carbocycles. The Bertz CT molecular complexity index is 351. The molecule has 0 bridgehead atoms. The molecule has 19 heavy (non-hydrogen) atoms. The summed E-state index contributed by atoms with van der Waals surface area (Å²) in [5.74, 6) is 0.836. The summed E-state index contributed by atoms with van der Waals surface area (Å²) in [6, 6.07) is 6.90. The van der Waals surface area contributed by atoms with Gasteiger partial charge in [-0.05, 0) is 30.9 Å². The molecule has 0 spiro atoms. The quantitative estimate of drug-likeness (QED) is 0.930. The van der Waals surface area contributed by atoms with Crippen molar-refractivity contribution in [1.29, 1.82) is 0 Å². The van der Waals surface area contributed by atoms with Gasteiger partial charge in [0.05, 0.1) is 11.7 Å². The maximum atomic E-state index is 4.60. The van der Waals surface area contributed by atoms with Crippen molar-refractivity contribution in [1.82, 2.24) is 15.2 Å². The van der Waals surface area contributed by atoms with E-state index in [1.54, 1.807) is 0 Å². The Balaban J connectivity index is 0.000000902. The molecule has 1 aliphatic heterocycles. The number of hydrogen-bond donors (Lipinski definition) is 1. The highest BCUT2D eigenvalue weighted by Gasteiger charge is 2.34. The standard InChI is InChI=1S/C14H21N3.2ClH/c1-2-7-16-13(6-1)14(12-4-3-5-12)17-10-8-15-9-11-17;;/h1-2,6-7,12,14-15H,3-5,8-11H2;2*1H/t14-;;/m1../s1. The summed E-state index contributed by atoms with van der Waals surface area (Å²) < 4.78 is 0. The zero-order valence-corrected chi connectivity index (χ0v) is 12.8. The topological polar surface area (TPSA) is 28.2 Å². The fraction of sp³-hybridized carbons (Fsp3) is 0.643. The van der Waals surface area contributed by atoms with Crippen LogP contribution in [-0.4, -0.2) is 36.1 Å². The highest BCUT2D eigenvalue weighted by atomic mass is 35.5. The molecule has 108 valence electrons. The Hall–Kier alpha value is -0.350. The fourth-order valence-corrected chi connectivity index (χ4v) is 2.99. The summed E-state index contributed by atoms with van der Waals surface area (Å²) >= 11 is 0. The fourth-order valence-electron chi connectivity index (χ4n) is 2.99. The lowest BCUT2D eigenvalue weighted by Crippen LogP contribution is -2.48. The molecular formula is C14H23Cl2N3. The molecule has 2 fully saturated rings. The normalized spacial score (nSPS) is 21.7. The zero-order valence-electron chi connectivity index (χ0n) is 11.1. The molecule has 5 heteroatoms. The van der Waals surface area contributed by atoms with Crippen LogP contribution in [0.4, 0.5) is 0 Å². The van der Waals surface area contributed by atoms with E-state index in [4.69, 9.17) is 0 Å². The van der Waals surface area contributed by atoms with Crippen molar-refractivity contribution in [3.63, 3.8) is 0 Å². The van der Waals surface area contributed by atoms with Gasteiger partial charge in [-0.15, -0.1) is 24.8 Å². The summed E-state index contributed by atoms with van der Waals surface area (Å²) in [5, 5.41) is 3.43. The molecule has 1 atom stereocenters. The Labute approximate surface area is 128 Å². The minimum atomic E-state index is 0. The predicted octanol–water partition coefficient (Wildman–Crippen LogP) is 2.67.